The quantitative estimate of drug-likeness (QED) is 0.561. The molecule has 1 fully saturated rings. The van der Waals surface area contributed by atoms with Crippen molar-refractivity contribution >= 4 is 22.1 Å². The minimum Gasteiger partial charge on any atom is -0.481 e. The highest BCUT2D eigenvalue weighted by molar-refractivity contribution is 7.86. The molecule has 9 nitrogen and oxygen atoms in total. The lowest BCUT2D eigenvalue weighted by Crippen LogP contribution is -2.53. The van der Waals surface area contributed by atoms with E-state index in [4.69, 9.17) is 5.11 Å². The number of nitrogens with zero attached hydrogens (tertiary/aromatic N) is 3. The molecule has 2 N–H and O–H groups in total. The lowest BCUT2D eigenvalue weighted by Gasteiger charge is -2.35. The molecule has 0 spiro atoms. The molecule has 0 saturated carbocycles. The molecule has 1 saturated heterocycles. The van der Waals surface area contributed by atoms with Gasteiger partial charge in [0.15, 0.2) is 0 Å². The molecular weight excluding hydrogens is 300 g/mol. The zero-order valence-corrected chi connectivity index (χ0v) is 13.1. The fraction of sp³-hybridized carbons (Fsp3) is 0.818. The highest BCUT2D eigenvalue weighted by atomic mass is 32.2. The van der Waals surface area contributed by atoms with Crippen LogP contribution in [0.2, 0.25) is 0 Å². The first-order valence-electron chi connectivity index (χ1n) is 6.63. The van der Waals surface area contributed by atoms with Crippen molar-refractivity contribution in [3.8, 4) is 0 Å². The van der Waals surface area contributed by atoms with Gasteiger partial charge >= 0.3 is 5.97 Å². The third kappa shape index (κ3) is 5.23. The Morgan fingerprint density at radius 2 is 1.81 bits per heavy atom. The van der Waals surface area contributed by atoms with Crippen molar-refractivity contribution in [2.75, 3.05) is 53.4 Å². The molecule has 0 bridgehead atoms. The van der Waals surface area contributed by atoms with Gasteiger partial charge < -0.3 is 10.4 Å². The number of nitrogens with one attached hydrogen (secondary N) is 1. The zero-order chi connectivity index (χ0) is 16.0. The summed E-state index contributed by atoms with van der Waals surface area (Å²) in [5, 5.41) is 11.1. The maximum atomic E-state index is 12.2. The van der Waals surface area contributed by atoms with Gasteiger partial charge in [-0.25, -0.2) is 0 Å². The van der Waals surface area contributed by atoms with Gasteiger partial charge in [-0.15, -0.1) is 0 Å². The Morgan fingerprint density at radius 1 is 1.24 bits per heavy atom. The van der Waals surface area contributed by atoms with Crippen molar-refractivity contribution in [1.29, 1.82) is 0 Å². The Balaban J connectivity index is 2.51. The molecule has 0 radical (unpaired) electrons. The Hall–Kier alpha value is -1.23. The molecule has 1 amide bonds. The van der Waals surface area contributed by atoms with Crippen LogP contribution in [0.4, 0.5) is 0 Å². The number of hydrogen-bond acceptors (Lipinski definition) is 5. The Bertz CT molecular complexity index is 473. The van der Waals surface area contributed by atoms with Crippen molar-refractivity contribution < 1.29 is 23.1 Å². The van der Waals surface area contributed by atoms with E-state index in [1.807, 2.05) is 4.90 Å². The summed E-state index contributed by atoms with van der Waals surface area (Å²) in [7, 11) is -0.713. The number of carboxylic acids is 1. The van der Waals surface area contributed by atoms with E-state index in [9.17, 15) is 18.0 Å². The summed E-state index contributed by atoms with van der Waals surface area (Å²) in [5.41, 5.74) is 0. The molecule has 1 heterocycles. The van der Waals surface area contributed by atoms with E-state index in [0.29, 0.717) is 13.1 Å². The van der Waals surface area contributed by atoms with E-state index in [1.54, 1.807) is 7.05 Å². The Morgan fingerprint density at radius 3 is 2.29 bits per heavy atom. The topological polar surface area (TPSA) is 110 Å². The number of hydrogen-bond donors (Lipinski definition) is 2. The summed E-state index contributed by atoms with van der Waals surface area (Å²) in [6.45, 7) is 1.71. The lowest BCUT2D eigenvalue weighted by atomic mass is 10.3. The number of carbonyl (C=O) groups is 2. The van der Waals surface area contributed by atoms with Gasteiger partial charge in [0.05, 0.1) is 13.0 Å². The Labute approximate surface area is 124 Å². The first-order chi connectivity index (χ1) is 9.77. The van der Waals surface area contributed by atoms with Gasteiger partial charge in [0, 0.05) is 46.8 Å². The molecule has 0 aromatic rings. The van der Waals surface area contributed by atoms with Crippen LogP contribution < -0.4 is 5.32 Å². The number of aliphatic carboxylic acids is 1. The number of carboxylic acid groups (broad SMARTS) is 1. The molecule has 0 aliphatic carbocycles. The minimum absolute atomic E-state index is 0.0594. The molecule has 0 aromatic carbocycles. The van der Waals surface area contributed by atoms with Crippen LogP contribution in [0.1, 0.15) is 6.42 Å². The Kier molecular flexibility index (Phi) is 6.52. The molecule has 0 atom stereocenters. The van der Waals surface area contributed by atoms with E-state index in [1.165, 1.54) is 11.4 Å². The fourth-order valence-corrected chi connectivity index (χ4v) is 3.31. The highest BCUT2D eigenvalue weighted by Gasteiger charge is 2.30. The summed E-state index contributed by atoms with van der Waals surface area (Å²) in [6, 6.07) is 0. The standard InChI is InChI=1S/C11H22N4O5S/c1-12-10(16)9-14-5-7-15(8-6-14)21(19,20)13(2)4-3-11(17)18/h3-9H2,1-2H3,(H,12,16)(H,17,18). The van der Waals surface area contributed by atoms with Gasteiger partial charge in [0.25, 0.3) is 10.2 Å². The van der Waals surface area contributed by atoms with E-state index < -0.39 is 16.2 Å². The number of likely N-dealkylation sites (N-methyl/N-ethyl adjacent to an activating group) is 1. The average molecular weight is 322 g/mol. The monoisotopic (exact) mass is 322 g/mol. The van der Waals surface area contributed by atoms with Gasteiger partial charge in [0.2, 0.25) is 5.91 Å². The van der Waals surface area contributed by atoms with E-state index in [0.717, 1.165) is 4.31 Å². The number of amides is 1. The highest BCUT2D eigenvalue weighted by Crippen LogP contribution is 2.11. The molecule has 1 rings (SSSR count). The summed E-state index contributed by atoms with van der Waals surface area (Å²) >= 11 is 0. The first kappa shape index (κ1) is 17.8. The third-order valence-corrected chi connectivity index (χ3v) is 5.33. The number of piperazine rings is 1. The van der Waals surface area contributed by atoms with Crippen LogP contribution in [0.25, 0.3) is 0 Å². The van der Waals surface area contributed by atoms with Gasteiger partial charge in [-0.2, -0.15) is 17.0 Å². The molecule has 1 aliphatic heterocycles. The van der Waals surface area contributed by atoms with Gasteiger partial charge in [-0.3, -0.25) is 14.5 Å². The SMILES string of the molecule is CNC(=O)CN1CCN(S(=O)(=O)N(C)CCC(=O)O)CC1. The number of carbonyl (C=O) groups excluding carboxylic acids is 1. The fourth-order valence-electron chi connectivity index (χ4n) is 1.97. The van der Waals surface area contributed by atoms with Crippen LogP contribution in [0.15, 0.2) is 0 Å². The normalized spacial score (nSPS) is 17.9. The molecule has 1 aliphatic rings. The first-order valence-corrected chi connectivity index (χ1v) is 8.03. The van der Waals surface area contributed by atoms with Crippen LogP contribution in [-0.2, 0) is 19.8 Å². The van der Waals surface area contributed by atoms with Crippen LogP contribution >= 0.6 is 0 Å². The van der Waals surface area contributed by atoms with E-state index in [-0.39, 0.29) is 38.5 Å². The second kappa shape index (κ2) is 7.69. The van der Waals surface area contributed by atoms with E-state index >= 15 is 0 Å². The maximum absolute atomic E-state index is 12.2. The summed E-state index contributed by atoms with van der Waals surface area (Å²) in [5.74, 6) is -1.14. The van der Waals surface area contributed by atoms with Crippen molar-refractivity contribution in [2.45, 2.75) is 6.42 Å². The average Bonchev–Trinajstić information content (AvgIpc) is 2.44. The van der Waals surface area contributed by atoms with Crippen LogP contribution in [0.3, 0.4) is 0 Å². The van der Waals surface area contributed by atoms with Crippen molar-refractivity contribution in [2.24, 2.45) is 0 Å². The second-order valence-corrected chi connectivity index (χ2v) is 6.86. The van der Waals surface area contributed by atoms with Crippen LogP contribution in [0, 0.1) is 0 Å². The molecule has 21 heavy (non-hydrogen) atoms. The predicted molar refractivity (Wildman–Crippen MR) is 75.9 cm³/mol. The lowest BCUT2D eigenvalue weighted by molar-refractivity contribution is -0.137. The maximum Gasteiger partial charge on any atom is 0.304 e. The molecule has 10 heteroatoms. The van der Waals surface area contributed by atoms with Crippen molar-refractivity contribution in [3.05, 3.63) is 0 Å². The predicted octanol–water partition coefficient (Wildman–Crippen LogP) is -2.00. The largest absolute Gasteiger partial charge is 0.481 e. The van der Waals surface area contributed by atoms with Gasteiger partial charge in [-0.05, 0) is 0 Å². The van der Waals surface area contributed by atoms with Crippen LogP contribution in [-0.4, -0.2) is 92.3 Å². The minimum atomic E-state index is -3.64. The summed E-state index contributed by atoms with van der Waals surface area (Å²) < 4.78 is 26.9. The van der Waals surface area contributed by atoms with Crippen molar-refractivity contribution in [3.63, 3.8) is 0 Å². The van der Waals surface area contributed by atoms with Crippen LogP contribution in [0.5, 0.6) is 0 Å². The summed E-state index contributed by atoms with van der Waals surface area (Å²) in [4.78, 5) is 23.6. The van der Waals surface area contributed by atoms with Crippen molar-refractivity contribution in [1.82, 2.24) is 18.8 Å². The molecule has 122 valence electrons. The molecular formula is C11H22N4O5S. The third-order valence-electron chi connectivity index (χ3n) is 3.34. The zero-order valence-electron chi connectivity index (χ0n) is 12.3. The second-order valence-electron chi connectivity index (χ2n) is 4.82. The molecule has 0 unspecified atom stereocenters. The smallest absolute Gasteiger partial charge is 0.304 e. The molecule has 0 aromatic heterocycles. The van der Waals surface area contributed by atoms with E-state index in [2.05, 4.69) is 5.32 Å². The van der Waals surface area contributed by atoms with Gasteiger partial charge in [-0.1, -0.05) is 0 Å². The summed E-state index contributed by atoms with van der Waals surface area (Å²) in [6.07, 6.45) is -0.230. The number of rotatable bonds is 7. The van der Waals surface area contributed by atoms with Gasteiger partial charge in [0.1, 0.15) is 0 Å².